The molecule has 0 aliphatic rings. The van der Waals surface area contributed by atoms with Crippen LogP contribution in [0.2, 0.25) is 0 Å². The summed E-state index contributed by atoms with van der Waals surface area (Å²) in [7, 11) is 1.94. The van der Waals surface area contributed by atoms with Crippen LogP contribution >= 0.6 is 47.8 Å². The normalized spacial score (nSPS) is 12.2. The second-order valence-electron chi connectivity index (χ2n) is 4.37. The van der Waals surface area contributed by atoms with Crippen molar-refractivity contribution in [2.75, 3.05) is 7.05 Å². The van der Waals surface area contributed by atoms with E-state index in [4.69, 9.17) is 4.74 Å². The Morgan fingerprint density at radius 1 is 0.950 bits per heavy atom. The van der Waals surface area contributed by atoms with Crippen molar-refractivity contribution < 1.29 is 4.74 Å². The lowest BCUT2D eigenvalue weighted by Gasteiger charge is -2.17. The highest BCUT2D eigenvalue weighted by Crippen LogP contribution is 2.36. The smallest absolute Gasteiger partial charge is 0.141 e. The van der Waals surface area contributed by atoms with Crippen LogP contribution in [-0.2, 0) is 0 Å². The lowest BCUT2D eigenvalue weighted by atomic mass is 10.1. The number of nitrogens with one attached hydrogen (secondary N) is 1. The van der Waals surface area contributed by atoms with Crippen molar-refractivity contribution in [2.24, 2.45) is 0 Å². The van der Waals surface area contributed by atoms with Crippen molar-refractivity contribution in [3.8, 4) is 11.5 Å². The molecular weight excluding hydrogens is 450 g/mol. The predicted octanol–water partition coefficient (Wildman–Crippen LogP) is 6.05. The van der Waals surface area contributed by atoms with Crippen LogP contribution in [0.1, 0.15) is 18.5 Å². The molecule has 1 unspecified atom stereocenters. The third kappa shape index (κ3) is 3.85. The van der Waals surface area contributed by atoms with Crippen molar-refractivity contribution in [3.05, 3.63) is 55.4 Å². The summed E-state index contributed by atoms with van der Waals surface area (Å²) in [6, 6.07) is 12.1. The number of halogens is 3. The Morgan fingerprint density at radius 3 is 2.15 bits per heavy atom. The first-order valence-electron chi connectivity index (χ1n) is 6.11. The topological polar surface area (TPSA) is 21.3 Å². The summed E-state index contributed by atoms with van der Waals surface area (Å²) < 4.78 is 9.01. The molecule has 0 fully saturated rings. The molecule has 2 rings (SSSR count). The molecule has 2 aromatic carbocycles. The maximum Gasteiger partial charge on any atom is 0.141 e. The van der Waals surface area contributed by atoms with Gasteiger partial charge in [0.2, 0.25) is 0 Å². The molecule has 20 heavy (non-hydrogen) atoms. The van der Waals surface area contributed by atoms with Crippen molar-refractivity contribution in [3.63, 3.8) is 0 Å². The highest BCUT2D eigenvalue weighted by Gasteiger charge is 2.13. The molecule has 0 aliphatic carbocycles. The lowest BCUT2D eigenvalue weighted by molar-refractivity contribution is 0.463. The first kappa shape index (κ1) is 16.0. The van der Waals surface area contributed by atoms with Crippen molar-refractivity contribution in [2.45, 2.75) is 13.0 Å². The SMILES string of the molecule is CNC(C)c1cc(Br)ccc1Oc1ccc(Br)cc1Br. The van der Waals surface area contributed by atoms with E-state index >= 15 is 0 Å². The fourth-order valence-electron chi connectivity index (χ4n) is 1.78. The molecule has 0 radical (unpaired) electrons. The van der Waals surface area contributed by atoms with E-state index in [0.29, 0.717) is 0 Å². The molecular formula is C15H14Br3NO. The highest BCUT2D eigenvalue weighted by atomic mass is 79.9. The number of hydrogen-bond acceptors (Lipinski definition) is 2. The van der Waals surface area contributed by atoms with E-state index in [2.05, 4.69) is 66.1 Å². The Bertz CT molecular complexity index is 616. The molecule has 0 amide bonds. The summed E-state index contributed by atoms with van der Waals surface area (Å²) >= 11 is 10.5. The van der Waals surface area contributed by atoms with E-state index in [0.717, 1.165) is 30.5 Å². The van der Waals surface area contributed by atoms with Crippen LogP contribution in [-0.4, -0.2) is 7.05 Å². The standard InChI is InChI=1S/C15H14Br3NO/c1-9(19-2)12-7-10(16)3-5-14(12)20-15-6-4-11(17)8-13(15)18/h3-9,19H,1-2H3. The van der Waals surface area contributed by atoms with Gasteiger partial charge in [-0.25, -0.2) is 0 Å². The van der Waals surface area contributed by atoms with Crippen LogP contribution in [0.15, 0.2) is 49.8 Å². The Kier molecular flexibility index (Phi) is 5.66. The van der Waals surface area contributed by atoms with Gasteiger partial charge < -0.3 is 10.1 Å². The van der Waals surface area contributed by atoms with Gasteiger partial charge in [-0.1, -0.05) is 31.9 Å². The maximum atomic E-state index is 6.04. The van der Waals surface area contributed by atoms with E-state index < -0.39 is 0 Å². The van der Waals surface area contributed by atoms with Crippen LogP contribution < -0.4 is 10.1 Å². The van der Waals surface area contributed by atoms with E-state index in [9.17, 15) is 0 Å². The molecule has 2 aromatic rings. The fraction of sp³-hybridized carbons (Fsp3) is 0.200. The molecule has 106 valence electrons. The Hall–Kier alpha value is -0.360. The van der Waals surface area contributed by atoms with Crippen LogP contribution in [0.4, 0.5) is 0 Å². The lowest BCUT2D eigenvalue weighted by Crippen LogP contribution is -2.13. The minimum atomic E-state index is 0.205. The predicted molar refractivity (Wildman–Crippen MR) is 93.5 cm³/mol. The molecule has 0 heterocycles. The summed E-state index contributed by atoms with van der Waals surface area (Å²) in [4.78, 5) is 0. The number of ether oxygens (including phenoxy) is 1. The summed E-state index contributed by atoms with van der Waals surface area (Å²) in [6.07, 6.45) is 0. The average molecular weight is 464 g/mol. The summed E-state index contributed by atoms with van der Waals surface area (Å²) in [5.41, 5.74) is 1.11. The van der Waals surface area contributed by atoms with Gasteiger partial charge in [-0.15, -0.1) is 0 Å². The second kappa shape index (κ2) is 7.07. The monoisotopic (exact) mass is 461 g/mol. The molecule has 0 aromatic heterocycles. The van der Waals surface area contributed by atoms with Crippen LogP contribution in [0.25, 0.3) is 0 Å². The second-order valence-corrected chi connectivity index (χ2v) is 7.06. The zero-order valence-corrected chi connectivity index (χ0v) is 15.8. The molecule has 0 spiro atoms. The van der Waals surface area contributed by atoms with Crippen molar-refractivity contribution in [1.29, 1.82) is 0 Å². The summed E-state index contributed by atoms with van der Waals surface area (Å²) in [5, 5.41) is 3.24. The summed E-state index contributed by atoms with van der Waals surface area (Å²) in [5.74, 6) is 1.64. The minimum absolute atomic E-state index is 0.205. The van der Waals surface area contributed by atoms with Gasteiger partial charge in [-0.2, -0.15) is 0 Å². The van der Waals surface area contributed by atoms with E-state index in [1.54, 1.807) is 0 Å². The zero-order chi connectivity index (χ0) is 14.7. The average Bonchev–Trinajstić information content (AvgIpc) is 2.42. The van der Waals surface area contributed by atoms with E-state index in [1.807, 2.05) is 37.4 Å². The van der Waals surface area contributed by atoms with Gasteiger partial charge in [0.15, 0.2) is 0 Å². The molecule has 5 heteroatoms. The molecule has 0 saturated carbocycles. The van der Waals surface area contributed by atoms with Crippen molar-refractivity contribution in [1.82, 2.24) is 5.32 Å². The van der Waals surface area contributed by atoms with Gasteiger partial charge in [0.1, 0.15) is 11.5 Å². The van der Waals surface area contributed by atoms with Crippen LogP contribution in [0.5, 0.6) is 11.5 Å². The minimum Gasteiger partial charge on any atom is -0.456 e. The molecule has 1 atom stereocenters. The first-order valence-corrected chi connectivity index (χ1v) is 8.48. The molecule has 0 saturated heterocycles. The Balaban J connectivity index is 2.37. The third-order valence-electron chi connectivity index (χ3n) is 2.99. The fourth-order valence-corrected chi connectivity index (χ4v) is 3.29. The molecule has 2 nitrogen and oxygen atoms in total. The Morgan fingerprint density at radius 2 is 1.55 bits per heavy atom. The van der Waals surface area contributed by atoms with Crippen LogP contribution in [0.3, 0.4) is 0 Å². The summed E-state index contributed by atoms with van der Waals surface area (Å²) in [6.45, 7) is 2.10. The van der Waals surface area contributed by atoms with Gasteiger partial charge in [0.05, 0.1) is 4.47 Å². The number of benzene rings is 2. The van der Waals surface area contributed by atoms with Gasteiger partial charge in [0.25, 0.3) is 0 Å². The van der Waals surface area contributed by atoms with E-state index in [-0.39, 0.29) is 6.04 Å². The van der Waals surface area contributed by atoms with Gasteiger partial charge >= 0.3 is 0 Å². The van der Waals surface area contributed by atoms with E-state index in [1.165, 1.54) is 0 Å². The largest absolute Gasteiger partial charge is 0.456 e. The van der Waals surface area contributed by atoms with Gasteiger partial charge in [-0.3, -0.25) is 0 Å². The van der Waals surface area contributed by atoms with Gasteiger partial charge in [-0.05, 0) is 66.3 Å². The quantitative estimate of drug-likeness (QED) is 0.596. The zero-order valence-electron chi connectivity index (χ0n) is 11.1. The number of hydrogen-bond donors (Lipinski definition) is 1. The molecule has 1 N–H and O–H groups in total. The van der Waals surface area contributed by atoms with Crippen molar-refractivity contribution >= 4 is 47.8 Å². The highest BCUT2D eigenvalue weighted by molar-refractivity contribution is 9.11. The molecule has 0 aliphatic heterocycles. The van der Waals surface area contributed by atoms with Crippen LogP contribution in [0, 0.1) is 0 Å². The first-order chi connectivity index (χ1) is 9.51. The maximum absolute atomic E-state index is 6.04. The third-order valence-corrected chi connectivity index (χ3v) is 4.59. The number of rotatable bonds is 4. The molecule has 0 bridgehead atoms. The van der Waals surface area contributed by atoms with Gasteiger partial charge in [0, 0.05) is 20.6 Å². The Labute approximate surface area is 144 Å².